The Morgan fingerprint density at radius 3 is 2.75 bits per heavy atom. The van der Waals surface area contributed by atoms with E-state index < -0.39 is 0 Å². The Labute approximate surface area is 49.2 Å². The Kier molecular flexibility index (Phi) is 1.37. The maximum atomic E-state index is 5.07. The van der Waals surface area contributed by atoms with Gasteiger partial charge < -0.3 is 10.7 Å². The van der Waals surface area contributed by atoms with Gasteiger partial charge in [0.2, 0.25) is 0 Å². The van der Waals surface area contributed by atoms with Gasteiger partial charge in [0, 0.05) is 20.0 Å². The zero-order chi connectivity index (χ0) is 5.98. The molecule has 1 rings (SSSR count). The molecule has 46 valence electrons. The molecule has 8 heavy (non-hydrogen) atoms. The van der Waals surface area contributed by atoms with Crippen molar-refractivity contribution in [2.24, 2.45) is 10.9 Å². The molecule has 1 saturated heterocycles. The van der Waals surface area contributed by atoms with Gasteiger partial charge >= 0.3 is 0 Å². The van der Waals surface area contributed by atoms with Crippen molar-refractivity contribution >= 4 is 5.84 Å². The number of amidine groups is 1. The predicted molar refractivity (Wildman–Crippen MR) is 33.5 cm³/mol. The lowest BCUT2D eigenvalue weighted by molar-refractivity contribution is 0.548. The first-order chi connectivity index (χ1) is 3.84. The summed E-state index contributed by atoms with van der Waals surface area (Å²) in [5.41, 5.74) is 0. The van der Waals surface area contributed by atoms with Crippen LogP contribution in [0.2, 0.25) is 0 Å². The van der Waals surface area contributed by atoms with E-state index in [4.69, 9.17) is 5.84 Å². The van der Waals surface area contributed by atoms with Gasteiger partial charge in [-0.15, -0.1) is 0 Å². The second-order valence-electron chi connectivity index (χ2n) is 2.07. The van der Waals surface area contributed by atoms with Gasteiger partial charge in [-0.05, 0) is 6.42 Å². The molecule has 0 spiro atoms. The molecular formula is C5H11N3. The number of rotatable bonds is 0. The molecule has 1 fully saturated rings. The number of hydrazone groups is 1. The second kappa shape index (κ2) is 2.03. The fraction of sp³-hybridized carbons (Fsp3) is 0.800. The molecule has 0 unspecified atom stereocenters. The molecule has 0 aromatic heterocycles. The van der Waals surface area contributed by atoms with Gasteiger partial charge in [-0.3, -0.25) is 0 Å². The summed E-state index contributed by atoms with van der Waals surface area (Å²) in [6.45, 7) is 1.11. The molecular weight excluding hydrogens is 102 g/mol. The van der Waals surface area contributed by atoms with Gasteiger partial charge in [-0.1, -0.05) is 0 Å². The number of nitrogens with zero attached hydrogens (tertiary/aromatic N) is 2. The quantitative estimate of drug-likeness (QED) is 0.354. The van der Waals surface area contributed by atoms with Gasteiger partial charge in [0.25, 0.3) is 0 Å². The van der Waals surface area contributed by atoms with E-state index in [0.29, 0.717) is 0 Å². The fourth-order valence-electron chi connectivity index (χ4n) is 0.957. The topological polar surface area (TPSA) is 41.6 Å². The van der Waals surface area contributed by atoms with Crippen molar-refractivity contribution in [3.63, 3.8) is 0 Å². The maximum Gasteiger partial charge on any atom is 0.124 e. The molecule has 3 nitrogen and oxygen atoms in total. The molecule has 0 bridgehead atoms. The summed E-state index contributed by atoms with van der Waals surface area (Å²) in [4.78, 5) is 2.08. The summed E-state index contributed by atoms with van der Waals surface area (Å²) in [7, 11) is 2.01. The van der Waals surface area contributed by atoms with E-state index in [1.807, 2.05) is 7.05 Å². The van der Waals surface area contributed by atoms with Gasteiger partial charge in [0.05, 0.1) is 0 Å². The largest absolute Gasteiger partial charge is 0.362 e. The van der Waals surface area contributed by atoms with Crippen molar-refractivity contribution in [2.75, 3.05) is 13.6 Å². The predicted octanol–water partition coefficient (Wildman–Crippen LogP) is -0.0158. The van der Waals surface area contributed by atoms with Crippen molar-refractivity contribution in [1.29, 1.82) is 0 Å². The van der Waals surface area contributed by atoms with E-state index in [1.165, 1.54) is 6.42 Å². The molecule has 1 heterocycles. The van der Waals surface area contributed by atoms with Crippen molar-refractivity contribution < 1.29 is 0 Å². The van der Waals surface area contributed by atoms with Crippen molar-refractivity contribution in [2.45, 2.75) is 12.8 Å². The Morgan fingerprint density at radius 1 is 1.75 bits per heavy atom. The summed E-state index contributed by atoms with van der Waals surface area (Å²) in [5, 5.41) is 3.61. The normalized spacial score (nSPS) is 25.1. The van der Waals surface area contributed by atoms with Gasteiger partial charge in [-0.25, -0.2) is 0 Å². The third-order valence-corrected chi connectivity index (χ3v) is 1.48. The van der Waals surface area contributed by atoms with Crippen LogP contribution >= 0.6 is 0 Å². The van der Waals surface area contributed by atoms with Crippen molar-refractivity contribution in [3.05, 3.63) is 0 Å². The van der Waals surface area contributed by atoms with E-state index in [2.05, 4.69) is 10.0 Å². The Hall–Kier alpha value is -0.730. The number of nitrogens with two attached hydrogens (primary N) is 1. The van der Waals surface area contributed by atoms with Gasteiger partial charge in [0.1, 0.15) is 5.84 Å². The molecule has 0 radical (unpaired) electrons. The van der Waals surface area contributed by atoms with Crippen LogP contribution in [0.1, 0.15) is 12.8 Å². The van der Waals surface area contributed by atoms with E-state index >= 15 is 0 Å². The minimum absolute atomic E-state index is 1.03. The molecule has 2 N–H and O–H groups in total. The van der Waals surface area contributed by atoms with Crippen LogP contribution in [0.5, 0.6) is 0 Å². The zero-order valence-electron chi connectivity index (χ0n) is 5.09. The lowest BCUT2D eigenvalue weighted by atomic mass is 10.4. The minimum Gasteiger partial charge on any atom is -0.362 e. The van der Waals surface area contributed by atoms with Gasteiger partial charge in [-0.2, -0.15) is 5.10 Å². The van der Waals surface area contributed by atoms with Gasteiger partial charge in [0.15, 0.2) is 0 Å². The Balaban J connectivity index is 2.55. The summed E-state index contributed by atoms with van der Waals surface area (Å²) in [6.07, 6.45) is 2.25. The second-order valence-corrected chi connectivity index (χ2v) is 2.07. The molecule has 1 aliphatic rings. The molecule has 0 aromatic rings. The minimum atomic E-state index is 1.03. The summed E-state index contributed by atoms with van der Waals surface area (Å²) < 4.78 is 0. The first-order valence-corrected chi connectivity index (χ1v) is 2.82. The lowest BCUT2D eigenvalue weighted by Gasteiger charge is -2.08. The fourth-order valence-corrected chi connectivity index (χ4v) is 0.957. The van der Waals surface area contributed by atoms with Crippen molar-refractivity contribution in [1.82, 2.24) is 4.90 Å². The van der Waals surface area contributed by atoms with Crippen LogP contribution in [-0.2, 0) is 0 Å². The molecule has 1 aliphatic heterocycles. The lowest BCUT2D eigenvalue weighted by Crippen LogP contribution is -2.20. The SMILES string of the molecule is CN1CCC/C1=N/N. The van der Waals surface area contributed by atoms with E-state index in [0.717, 1.165) is 18.8 Å². The first-order valence-electron chi connectivity index (χ1n) is 2.82. The third kappa shape index (κ3) is 0.757. The number of hydrogen-bond donors (Lipinski definition) is 1. The first kappa shape index (κ1) is 5.41. The van der Waals surface area contributed by atoms with Crippen LogP contribution in [0.15, 0.2) is 5.10 Å². The molecule has 0 aromatic carbocycles. The Morgan fingerprint density at radius 2 is 2.50 bits per heavy atom. The molecule has 0 amide bonds. The van der Waals surface area contributed by atoms with Crippen molar-refractivity contribution in [3.8, 4) is 0 Å². The molecule has 0 atom stereocenters. The number of hydrogen-bond acceptors (Lipinski definition) is 2. The molecule has 0 saturated carbocycles. The third-order valence-electron chi connectivity index (χ3n) is 1.48. The van der Waals surface area contributed by atoms with E-state index in [9.17, 15) is 0 Å². The highest BCUT2D eigenvalue weighted by Gasteiger charge is 2.12. The summed E-state index contributed by atoms with van der Waals surface area (Å²) in [5.74, 6) is 6.10. The maximum absolute atomic E-state index is 5.07. The summed E-state index contributed by atoms with van der Waals surface area (Å²) >= 11 is 0. The van der Waals surface area contributed by atoms with E-state index in [1.54, 1.807) is 0 Å². The highest BCUT2D eigenvalue weighted by atomic mass is 15.3. The average Bonchev–Trinajstić information content (AvgIpc) is 2.14. The number of likely N-dealkylation sites (tertiary alicyclic amines) is 1. The van der Waals surface area contributed by atoms with Crippen LogP contribution in [0, 0.1) is 0 Å². The smallest absolute Gasteiger partial charge is 0.124 e. The molecule has 3 heteroatoms. The summed E-state index contributed by atoms with van der Waals surface area (Å²) in [6, 6.07) is 0. The van der Waals surface area contributed by atoms with Crippen LogP contribution in [0.4, 0.5) is 0 Å². The van der Waals surface area contributed by atoms with Crippen LogP contribution in [-0.4, -0.2) is 24.3 Å². The molecule has 0 aliphatic carbocycles. The standard InChI is InChI=1S/C5H11N3/c1-8-4-2-3-5(8)7-6/h2-4,6H2,1H3/b7-5-. The van der Waals surface area contributed by atoms with Crippen LogP contribution in [0.25, 0.3) is 0 Å². The highest BCUT2D eigenvalue weighted by molar-refractivity contribution is 5.83. The van der Waals surface area contributed by atoms with Crippen LogP contribution in [0.3, 0.4) is 0 Å². The monoisotopic (exact) mass is 113 g/mol. The average molecular weight is 113 g/mol. The zero-order valence-corrected chi connectivity index (χ0v) is 5.09. The van der Waals surface area contributed by atoms with Crippen LogP contribution < -0.4 is 5.84 Å². The highest BCUT2D eigenvalue weighted by Crippen LogP contribution is 2.06. The van der Waals surface area contributed by atoms with E-state index in [-0.39, 0.29) is 0 Å². The Bertz CT molecular complexity index is 108.